The van der Waals surface area contributed by atoms with E-state index in [2.05, 4.69) is 6.92 Å². The molecule has 1 N–H and O–H groups in total. The van der Waals surface area contributed by atoms with E-state index in [1.165, 1.54) is 37.5 Å². The van der Waals surface area contributed by atoms with Crippen LogP contribution in [0.2, 0.25) is 0 Å². The van der Waals surface area contributed by atoms with E-state index in [1.54, 1.807) is 24.3 Å². The summed E-state index contributed by atoms with van der Waals surface area (Å²) in [5, 5.41) is 11.5. The van der Waals surface area contributed by atoms with Crippen molar-refractivity contribution >= 4 is 10.1 Å². The van der Waals surface area contributed by atoms with Crippen LogP contribution in [0.25, 0.3) is 0 Å². The van der Waals surface area contributed by atoms with Crippen LogP contribution in [0.15, 0.2) is 47.4 Å². The summed E-state index contributed by atoms with van der Waals surface area (Å²) < 4.78 is 38.7. The first-order valence-corrected chi connectivity index (χ1v) is 10.4. The van der Waals surface area contributed by atoms with Gasteiger partial charge in [-0.3, -0.25) is 4.55 Å². The third kappa shape index (κ3) is 8.23. The average Bonchev–Trinajstić information content (AvgIpc) is 2.58. The third-order valence-electron chi connectivity index (χ3n) is 4.16. The van der Waals surface area contributed by atoms with E-state index >= 15 is 0 Å². The summed E-state index contributed by atoms with van der Waals surface area (Å²) in [6.07, 6.45) is 7.33. The molecular formula is C20H25KO5S. The minimum atomic E-state index is -4.43. The Balaban J connectivity index is 0.00000364. The summed E-state index contributed by atoms with van der Waals surface area (Å²) >= 11 is 0. The van der Waals surface area contributed by atoms with Crippen LogP contribution in [-0.2, 0) is 16.5 Å². The molecule has 2 aromatic rings. The summed E-state index contributed by atoms with van der Waals surface area (Å²) in [5.74, 6) is 0.108. The maximum Gasteiger partial charge on any atom is 1.00 e. The van der Waals surface area contributed by atoms with Crippen molar-refractivity contribution in [1.82, 2.24) is 0 Å². The van der Waals surface area contributed by atoms with E-state index in [0.717, 1.165) is 19.3 Å². The molecule has 0 saturated carbocycles. The summed E-state index contributed by atoms with van der Waals surface area (Å²) in [4.78, 5) is -0.280. The zero-order chi connectivity index (χ0) is 19.0. The minimum absolute atomic E-state index is 0. The predicted octanol–water partition coefficient (Wildman–Crippen LogP) is 1.71. The second-order valence-electron chi connectivity index (χ2n) is 6.31. The Kier molecular flexibility index (Phi) is 11.1. The van der Waals surface area contributed by atoms with Crippen LogP contribution in [0, 0.1) is 0 Å². The third-order valence-corrected chi connectivity index (χ3v) is 5.04. The number of benzene rings is 2. The molecule has 27 heavy (non-hydrogen) atoms. The summed E-state index contributed by atoms with van der Waals surface area (Å²) in [5.41, 5.74) is 0.701. The van der Waals surface area contributed by atoms with Gasteiger partial charge in [0.05, 0.1) is 0 Å². The van der Waals surface area contributed by atoms with Gasteiger partial charge < -0.3 is 9.84 Å². The number of para-hydroxylation sites is 1. The Bertz CT molecular complexity index is 821. The first-order chi connectivity index (χ1) is 12.4. The molecule has 7 heteroatoms. The van der Waals surface area contributed by atoms with Gasteiger partial charge in [0.15, 0.2) is 5.75 Å². The van der Waals surface area contributed by atoms with Crippen molar-refractivity contribution in [1.29, 1.82) is 0 Å². The van der Waals surface area contributed by atoms with Gasteiger partial charge in [-0.1, -0.05) is 63.3 Å². The Morgan fingerprint density at radius 3 is 2.33 bits per heavy atom. The van der Waals surface area contributed by atoms with E-state index in [-0.39, 0.29) is 73.5 Å². The SMILES string of the molecule is CCCCCCCCc1cccc(S(=O)(=O)O)c1Oc1cccc([O-])c1.[K+]. The fourth-order valence-electron chi connectivity index (χ4n) is 2.83. The topological polar surface area (TPSA) is 86.7 Å². The molecule has 2 rings (SSSR count). The second-order valence-corrected chi connectivity index (χ2v) is 7.70. The van der Waals surface area contributed by atoms with Gasteiger partial charge in [0, 0.05) is 0 Å². The monoisotopic (exact) mass is 416 g/mol. The van der Waals surface area contributed by atoms with Gasteiger partial charge in [-0.25, -0.2) is 0 Å². The van der Waals surface area contributed by atoms with Gasteiger partial charge in [0.2, 0.25) is 0 Å². The fraction of sp³-hybridized carbons (Fsp3) is 0.400. The smallest absolute Gasteiger partial charge is 0.872 e. The van der Waals surface area contributed by atoms with Crippen molar-refractivity contribution in [2.45, 2.75) is 56.8 Å². The second kappa shape index (κ2) is 12.2. The van der Waals surface area contributed by atoms with Crippen LogP contribution in [0.5, 0.6) is 17.2 Å². The first kappa shape index (κ1) is 24.6. The summed E-state index contributed by atoms with van der Waals surface area (Å²) in [7, 11) is -4.43. The Labute approximate surface area is 204 Å². The van der Waals surface area contributed by atoms with Gasteiger partial charge in [-0.15, -0.1) is 5.75 Å². The summed E-state index contributed by atoms with van der Waals surface area (Å²) in [6.45, 7) is 2.17. The van der Waals surface area contributed by atoms with Gasteiger partial charge in [-0.05, 0) is 36.6 Å². The number of rotatable bonds is 10. The van der Waals surface area contributed by atoms with Crippen LogP contribution >= 0.6 is 0 Å². The fourth-order valence-corrected chi connectivity index (χ4v) is 3.49. The van der Waals surface area contributed by atoms with Crippen LogP contribution in [0.4, 0.5) is 0 Å². The molecule has 0 fully saturated rings. The molecular weight excluding hydrogens is 391 g/mol. The largest absolute Gasteiger partial charge is 1.00 e. The molecule has 0 spiro atoms. The van der Waals surface area contributed by atoms with Crippen molar-refractivity contribution < 1.29 is 74.2 Å². The van der Waals surface area contributed by atoms with Gasteiger partial charge in [-0.2, -0.15) is 8.42 Å². The molecule has 0 aliphatic carbocycles. The van der Waals surface area contributed by atoms with E-state index in [9.17, 15) is 18.1 Å². The summed E-state index contributed by atoms with van der Waals surface area (Å²) in [6, 6.07) is 10.5. The molecule has 0 unspecified atom stereocenters. The predicted molar refractivity (Wildman–Crippen MR) is 99.3 cm³/mol. The van der Waals surface area contributed by atoms with E-state index < -0.39 is 10.1 Å². The number of aryl methyl sites for hydroxylation is 1. The quantitative estimate of drug-likeness (QED) is 0.362. The molecule has 0 radical (unpaired) electrons. The molecule has 0 aliphatic heterocycles. The average molecular weight is 417 g/mol. The van der Waals surface area contributed by atoms with Crippen LogP contribution in [0.3, 0.4) is 0 Å². The van der Waals surface area contributed by atoms with Crippen molar-refractivity contribution in [2.24, 2.45) is 0 Å². The Morgan fingerprint density at radius 2 is 1.67 bits per heavy atom. The maximum atomic E-state index is 11.7. The van der Waals surface area contributed by atoms with Gasteiger partial charge >= 0.3 is 51.4 Å². The van der Waals surface area contributed by atoms with Crippen molar-refractivity contribution in [3.63, 3.8) is 0 Å². The minimum Gasteiger partial charge on any atom is -0.872 e. The Hall–Kier alpha value is -0.414. The molecule has 0 aromatic heterocycles. The van der Waals surface area contributed by atoms with Crippen molar-refractivity contribution in [3.05, 3.63) is 48.0 Å². The first-order valence-electron chi connectivity index (χ1n) is 8.96. The maximum absolute atomic E-state index is 11.7. The number of hydrogen-bond donors (Lipinski definition) is 1. The zero-order valence-corrected chi connectivity index (χ0v) is 19.9. The Morgan fingerprint density at radius 1 is 1.00 bits per heavy atom. The molecule has 142 valence electrons. The number of ether oxygens (including phenoxy) is 1. The van der Waals surface area contributed by atoms with Crippen molar-refractivity contribution in [2.75, 3.05) is 0 Å². The van der Waals surface area contributed by atoms with Crippen LogP contribution in [0.1, 0.15) is 51.0 Å². The molecule has 0 bridgehead atoms. The molecule has 0 atom stereocenters. The van der Waals surface area contributed by atoms with E-state index in [1.807, 2.05) is 0 Å². The van der Waals surface area contributed by atoms with Crippen molar-refractivity contribution in [3.8, 4) is 17.2 Å². The standard InChI is InChI=1S/C20H26O5S.K/c1-2-3-4-5-6-7-10-16-11-8-14-19(26(22,23)24)20(16)25-18-13-9-12-17(21)15-18;/h8-9,11-15,21H,2-7,10H2,1H3,(H,22,23,24);/q;+1/p-1. The molecule has 2 aromatic carbocycles. The van der Waals surface area contributed by atoms with E-state index in [0.29, 0.717) is 12.0 Å². The van der Waals surface area contributed by atoms with Gasteiger partial charge in [0.25, 0.3) is 10.1 Å². The van der Waals surface area contributed by atoms with E-state index in [4.69, 9.17) is 4.74 Å². The molecule has 0 saturated heterocycles. The molecule has 5 nitrogen and oxygen atoms in total. The number of unbranched alkanes of at least 4 members (excludes halogenated alkanes) is 5. The molecule has 0 heterocycles. The van der Waals surface area contributed by atoms with Crippen LogP contribution < -0.4 is 61.2 Å². The van der Waals surface area contributed by atoms with Crippen LogP contribution in [-0.4, -0.2) is 13.0 Å². The van der Waals surface area contributed by atoms with Gasteiger partial charge in [0.1, 0.15) is 10.6 Å². The normalized spacial score (nSPS) is 11.0. The molecule has 0 aliphatic rings. The molecule has 0 amide bonds. The zero-order valence-electron chi connectivity index (χ0n) is 16.0. The number of hydrogen-bond acceptors (Lipinski definition) is 4.